The molecular weight excluding hydrogens is 648 g/mol. The van der Waals surface area contributed by atoms with Crippen LogP contribution in [0.25, 0.3) is 11.0 Å². The molecule has 0 bridgehead atoms. The number of nitrogens with zero attached hydrogens (tertiary/aromatic N) is 2. The molecule has 1 aromatic heterocycles. The minimum absolute atomic E-state index is 0.237. The van der Waals surface area contributed by atoms with Crippen LogP contribution in [-0.4, -0.2) is 52.3 Å². The highest BCUT2D eigenvalue weighted by atomic mass is 16.6. The van der Waals surface area contributed by atoms with E-state index in [1.807, 2.05) is 39.0 Å². The molecule has 2 aromatic rings. The van der Waals surface area contributed by atoms with Crippen LogP contribution in [0.15, 0.2) is 38.7 Å². The van der Waals surface area contributed by atoms with Crippen molar-refractivity contribution in [1.82, 2.24) is 5.32 Å². The van der Waals surface area contributed by atoms with E-state index in [0.29, 0.717) is 12.1 Å². The van der Waals surface area contributed by atoms with E-state index in [0.717, 1.165) is 105 Å². The van der Waals surface area contributed by atoms with Crippen LogP contribution in [0.1, 0.15) is 158 Å². The highest BCUT2D eigenvalue weighted by Crippen LogP contribution is 2.23. The van der Waals surface area contributed by atoms with Crippen LogP contribution in [-0.2, 0) is 20.6 Å². The second kappa shape index (κ2) is 20.1. The van der Waals surface area contributed by atoms with Gasteiger partial charge in [0.1, 0.15) is 34.0 Å². The molecule has 0 aliphatic rings. The lowest BCUT2D eigenvalue weighted by Gasteiger charge is -2.20. The molecule has 11 nitrogen and oxygen atoms in total. The summed E-state index contributed by atoms with van der Waals surface area (Å²) in [6, 6.07) is 7.87. The Morgan fingerprint density at radius 3 is 1.75 bits per heavy atom. The second-order valence-electron chi connectivity index (χ2n) is 16.1. The third-order valence-corrected chi connectivity index (χ3v) is 7.43. The van der Waals surface area contributed by atoms with Gasteiger partial charge < -0.3 is 24.0 Å². The molecule has 284 valence electrons. The minimum Gasteiger partial charge on any atom is -0.461 e. The van der Waals surface area contributed by atoms with Crippen molar-refractivity contribution in [3.05, 3.63) is 35.6 Å². The molecule has 0 atom stereocenters. The molecule has 11 heteroatoms. The predicted molar refractivity (Wildman–Crippen MR) is 205 cm³/mol. The molecule has 1 aromatic carbocycles. The van der Waals surface area contributed by atoms with Crippen LogP contribution in [0, 0.1) is 5.41 Å². The first-order valence-electron chi connectivity index (χ1n) is 18.4. The van der Waals surface area contributed by atoms with Gasteiger partial charge >= 0.3 is 18.3 Å². The lowest BCUT2D eigenvalue weighted by Crippen LogP contribution is -2.37. The zero-order chi connectivity index (χ0) is 38.2. The predicted octanol–water partition coefficient (Wildman–Crippen LogP) is 11.3. The SMILES string of the molecule is CC(=N)c1ccc2oc(CCCCC(CCCCCCCCCC(=NC(=O)OC(C)(C)C)NC(=O)OC(C)(C)C)=NC(=O)OC(C)(C)C)cc2c1. The van der Waals surface area contributed by atoms with Crippen molar-refractivity contribution in [3.8, 4) is 0 Å². The van der Waals surface area contributed by atoms with Crippen LogP contribution >= 0.6 is 0 Å². The van der Waals surface area contributed by atoms with Gasteiger partial charge in [-0.2, -0.15) is 9.98 Å². The zero-order valence-corrected chi connectivity index (χ0v) is 32.8. The van der Waals surface area contributed by atoms with E-state index in [-0.39, 0.29) is 5.84 Å². The Kier molecular flexibility index (Phi) is 17.0. The zero-order valence-electron chi connectivity index (χ0n) is 32.8. The summed E-state index contributed by atoms with van der Waals surface area (Å²) < 4.78 is 22.1. The summed E-state index contributed by atoms with van der Waals surface area (Å²) in [5.74, 6) is 1.15. The van der Waals surface area contributed by atoms with E-state index >= 15 is 0 Å². The van der Waals surface area contributed by atoms with Crippen molar-refractivity contribution in [2.75, 3.05) is 0 Å². The number of nitrogens with one attached hydrogen (secondary N) is 2. The molecule has 1 heterocycles. The number of aryl methyl sites for hydroxylation is 1. The summed E-state index contributed by atoms with van der Waals surface area (Å²) in [5.41, 5.74) is 1.15. The molecular formula is C40H62N4O7. The van der Waals surface area contributed by atoms with Crippen LogP contribution in [0.3, 0.4) is 0 Å². The number of aliphatic imine (C=N–C) groups is 2. The number of alkyl carbamates (subject to hydrolysis) is 1. The van der Waals surface area contributed by atoms with Crippen molar-refractivity contribution in [2.45, 2.75) is 170 Å². The van der Waals surface area contributed by atoms with Crippen LogP contribution in [0.2, 0.25) is 0 Å². The Labute approximate surface area is 304 Å². The number of benzene rings is 1. The van der Waals surface area contributed by atoms with Gasteiger partial charge in [0, 0.05) is 29.7 Å². The lowest BCUT2D eigenvalue weighted by atomic mass is 10.0. The number of hydrogen-bond donors (Lipinski definition) is 2. The standard InChI is InChI=1S/C40H62N4O7/c1-28(41)29-24-25-33-30(26-29)27-32(48-33)22-19-18-21-31(42-35(45)49-38(2,3)4)20-16-14-12-11-13-15-17-23-34(43-36(46)50-39(5,6)7)44-37(47)51-40(8,9)10/h24-27,41H,11-23H2,1-10H3,(H,43,44,46,47). The number of ether oxygens (including phenoxy) is 3. The second-order valence-corrected chi connectivity index (χ2v) is 16.1. The normalized spacial score (nSPS) is 12.9. The van der Waals surface area contributed by atoms with Crippen LogP contribution in [0.4, 0.5) is 14.4 Å². The van der Waals surface area contributed by atoms with Gasteiger partial charge in [0.05, 0.1) is 0 Å². The fourth-order valence-electron chi connectivity index (χ4n) is 5.20. The van der Waals surface area contributed by atoms with Crippen LogP contribution in [0.5, 0.6) is 0 Å². The number of furan rings is 1. The molecule has 3 amide bonds. The number of amides is 3. The summed E-state index contributed by atoms with van der Waals surface area (Å²) in [7, 11) is 0. The van der Waals surface area contributed by atoms with Crippen molar-refractivity contribution >= 4 is 46.5 Å². The molecule has 0 spiro atoms. The van der Waals surface area contributed by atoms with Crippen LogP contribution < -0.4 is 5.32 Å². The molecule has 0 radical (unpaired) electrons. The summed E-state index contributed by atoms with van der Waals surface area (Å²) >= 11 is 0. The summed E-state index contributed by atoms with van der Waals surface area (Å²) in [6.45, 7) is 17.9. The fraction of sp³-hybridized carbons (Fsp3) is 0.650. The van der Waals surface area contributed by atoms with E-state index in [2.05, 4.69) is 21.4 Å². The van der Waals surface area contributed by atoms with Gasteiger partial charge in [-0.3, -0.25) is 5.32 Å². The van der Waals surface area contributed by atoms with Crippen molar-refractivity contribution in [3.63, 3.8) is 0 Å². The maximum absolute atomic E-state index is 12.5. The average Bonchev–Trinajstić information content (AvgIpc) is 3.37. The van der Waals surface area contributed by atoms with Crippen molar-refractivity contribution in [1.29, 1.82) is 5.41 Å². The van der Waals surface area contributed by atoms with Crippen molar-refractivity contribution in [2.24, 2.45) is 9.98 Å². The maximum atomic E-state index is 12.5. The average molecular weight is 711 g/mol. The number of carbonyl (C=O) groups is 3. The maximum Gasteiger partial charge on any atom is 0.435 e. The minimum atomic E-state index is -0.747. The number of rotatable bonds is 16. The summed E-state index contributed by atoms with van der Waals surface area (Å²) in [4.78, 5) is 45.5. The molecule has 51 heavy (non-hydrogen) atoms. The molecule has 0 saturated heterocycles. The largest absolute Gasteiger partial charge is 0.461 e. The smallest absolute Gasteiger partial charge is 0.435 e. The highest BCUT2D eigenvalue weighted by molar-refractivity contribution is 6.00. The monoisotopic (exact) mass is 710 g/mol. The molecule has 0 fully saturated rings. The number of hydrogen-bond acceptors (Lipinski definition) is 8. The van der Waals surface area contributed by atoms with Gasteiger partial charge in [-0.05, 0) is 138 Å². The third-order valence-electron chi connectivity index (χ3n) is 7.43. The van der Waals surface area contributed by atoms with Gasteiger partial charge in [0.25, 0.3) is 0 Å². The first-order valence-corrected chi connectivity index (χ1v) is 18.4. The van der Waals surface area contributed by atoms with Gasteiger partial charge in [-0.25, -0.2) is 14.4 Å². The van der Waals surface area contributed by atoms with E-state index in [9.17, 15) is 14.4 Å². The lowest BCUT2D eigenvalue weighted by molar-refractivity contribution is 0.0557. The van der Waals surface area contributed by atoms with Gasteiger partial charge in [0.15, 0.2) is 0 Å². The quantitative estimate of drug-likeness (QED) is 0.0760. The Bertz CT molecular complexity index is 1520. The molecule has 0 unspecified atom stereocenters. The molecule has 2 N–H and O–H groups in total. The number of fused-ring (bicyclic) bond motifs is 1. The number of amidine groups is 1. The summed E-state index contributed by atoms with van der Waals surface area (Å²) in [5, 5.41) is 11.5. The summed E-state index contributed by atoms with van der Waals surface area (Å²) in [6.07, 6.45) is 9.27. The van der Waals surface area contributed by atoms with Crippen molar-refractivity contribution < 1.29 is 33.0 Å². The molecule has 0 aliphatic carbocycles. The Morgan fingerprint density at radius 1 is 0.686 bits per heavy atom. The number of carbonyl (C=O) groups excluding carboxylic acids is 3. The first kappa shape index (κ1) is 43.1. The molecule has 0 aliphatic heterocycles. The Hall–Kier alpha value is -4.02. The fourth-order valence-corrected chi connectivity index (χ4v) is 5.20. The molecule has 0 saturated carbocycles. The van der Waals surface area contributed by atoms with E-state index in [4.69, 9.17) is 24.0 Å². The Balaban J connectivity index is 1.80. The highest BCUT2D eigenvalue weighted by Gasteiger charge is 2.20. The van der Waals surface area contributed by atoms with E-state index in [1.165, 1.54) is 0 Å². The van der Waals surface area contributed by atoms with E-state index in [1.54, 1.807) is 48.5 Å². The number of unbranched alkanes of at least 4 members (excludes halogenated alkanes) is 7. The first-order chi connectivity index (χ1) is 23.7. The van der Waals surface area contributed by atoms with Gasteiger partial charge in [0.2, 0.25) is 0 Å². The Morgan fingerprint density at radius 2 is 1.20 bits per heavy atom. The van der Waals surface area contributed by atoms with Gasteiger partial charge in [-0.15, -0.1) is 0 Å². The third kappa shape index (κ3) is 19.8. The molecule has 2 rings (SSSR count). The topological polar surface area (TPSA) is 153 Å². The van der Waals surface area contributed by atoms with Gasteiger partial charge in [-0.1, -0.05) is 32.1 Å². The van der Waals surface area contributed by atoms with E-state index < -0.39 is 35.1 Å².